The highest BCUT2D eigenvalue weighted by atomic mass is 19.1. The largest absolute Gasteiger partial charge is 0.380 e. The van der Waals surface area contributed by atoms with E-state index in [0.717, 1.165) is 42.9 Å². The molecule has 0 aromatic heterocycles. The average molecular weight is 613 g/mol. The van der Waals surface area contributed by atoms with E-state index in [9.17, 15) is 9.59 Å². The van der Waals surface area contributed by atoms with Crippen molar-refractivity contribution in [1.29, 1.82) is 0 Å². The molecule has 3 saturated heterocycles. The molecule has 6 rings (SSSR count). The van der Waals surface area contributed by atoms with Gasteiger partial charge in [0.25, 0.3) is 5.91 Å². The van der Waals surface area contributed by atoms with Gasteiger partial charge >= 0.3 is 0 Å². The molecule has 3 aromatic carbocycles. The lowest BCUT2D eigenvalue weighted by Gasteiger charge is -2.41. The Balaban J connectivity index is 1.30. The molecule has 2 N–H and O–H groups in total. The van der Waals surface area contributed by atoms with Crippen LogP contribution in [-0.2, 0) is 16.0 Å². The number of halogens is 1. The van der Waals surface area contributed by atoms with Crippen LogP contribution >= 0.6 is 0 Å². The molecule has 3 unspecified atom stereocenters. The van der Waals surface area contributed by atoms with E-state index in [1.807, 2.05) is 30.3 Å². The monoisotopic (exact) mass is 612 g/mol. The van der Waals surface area contributed by atoms with Crippen molar-refractivity contribution in [3.8, 4) is 0 Å². The Morgan fingerprint density at radius 2 is 1.73 bits per heavy atom. The van der Waals surface area contributed by atoms with Crippen LogP contribution in [0.2, 0.25) is 0 Å². The Bertz CT molecular complexity index is 1500. The fraction of sp³-hybridized carbons (Fsp3) is 0.459. The second kappa shape index (κ2) is 13.6. The highest BCUT2D eigenvalue weighted by molar-refractivity contribution is 5.98. The molecule has 238 valence electrons. The van der Waals surface area contributed by atoms with Crippen LogP contribution in [-0.4, -0.2) is 55.1 Å². The Hall–Kier alpha value is -3.91. The van der Waals surface area contributed by atoms with Gasteiger partial charge in [-0.05, 0) is 99.4 Å². The molecular weight excluding hydrogens is 567 g/mol. The lowest BCUT2D eigenvalue weighted by Crippen LogP contribution is -2.46. The van der Waals surface area contributed by atoms with Crippen molar-refractivity contribution in [2.75, 3.05) is 41.8 Å². The summed E-state index contributed by atoms with van der Waals surface area (Å²) in [5.74, 6) is -1.54. The minimum absolute atomic E-state index is 0.0719. The van der Waals surface area contributed by atoms with E-state index < -0.39 is 17.8 Å². The highest BCUT2D eigenvalue weighted by Crippen LogP contribution is 2.39. The van der Waals surface area contributed by atoms with Gasteiger partial charge in [0.1, 0.15) is 5.82 Å². The van der Waals surface area contributed by atoms with Crippen LogP contribution < -0.4 is 15.5 Å². The first kappa shape index (κ1) is 31.1. The minimum atomic E-state index is -0.540. The number of carbonyl (C=O) groups excluding carboxylic acids is 2. The van der Waals surface area contributed by atoms with E-state index in [4.69, 9.17) is 4.74 Å². The third-order valence-electron chi connectivity index (χ3n) is 9.67. The topological polar surface area (TPSA) is 73.9 Å². The average Bonchev–Trinajstić information content (AvgIpc) is 3.73. The zero-order valence-corrected chi connectivity index (χ0v) is 26.7. The van der Waals surface area contributed by atoms with Crippen molar-refractivity contribution in [3.05, 3.63) is 88.7 Å². The molecule has 3 aliphatic heterocycles. The summed E-state index contributed by atoms with van der Waals surface area (Å²) in [5.41, 5.74) is 5.70. The van der Waals surface area contributed by atoms with Crippen molar-refractivity contribution in [3.63, 3.8) is 0 Å². The summed E-state index contributed by atoms with van der Waals surface area (Å²) in [4.78, 5) is 32.3. The summed E-state index contributed by atoms with van der Waals surface area (Å²) >= 11 is 0. The smallest absolute Gasteiger partial charge is 0.257 e. The van der Waals surface area contributed by atoms with Gasteiger partial charge < -0.3 is 25.2 Å². The van der Waals surface area contributed by atoms with Gasteiger partial charge in [-0.15, -0.1) is 0 Å². The fourth-order valence-electron chi connectivity index (χ4n) is 7.31. The maximum absolute atomic E-state index is 15.1. The third-order valence-corrected chi connectivity index (χ3v) is 9.67. The third kappa shape index (κ3) is 6.71. The van der Waals surface area contributed by atoms with Gasteiger partial charge in [0, 0.05) is 36.7 Å². The second-order valence-corrected chi connectivity index (χ2v) is 12.8. The molecule has 3 aromatic rings. The van der Waals surface area contributed by atoms with Gasteiger partial charge in [0.2, 0.25) is 5.91 Å². The first-order valence-electron chi connectivity index (χ1n) is 16.5. The molecule has 0 saturated carbocycles. The van der Waals surface area contributed by atoms with Crippen LogP contribution in [0.5, 0.6) is 0 Å². The predicted octanol–water partition coefficient (Wildman–Crippen LogP) is 7.12. The fourth-order valence-corrected chi connectivity index (χ4v) is 7.31. The van der Waals surface area contributed by atoms with E-state index in [1.54, 1.807) is 24.0 Å². The Kier molecular flexibility index (Phi) is 9.40. The molecule has 4 atom stereocenters. The number of benzene rings is 3. The molecule has 0 aliphatic carbocycles. The van der Waals surface area contributed by atoms with Crippen molar-refractivity contribution in [2.24, 2.45) is 5.92 Å². The van der Waals surface area contributed by atoms with Crippen molar-refractivity contribution in [1.82, 2.24) is 4.90 Å². The summed E-state index contributed by atoms with van der Waals surface area (Å²) in [6.07, 6.45) is 5.73. The number of anilines is 3. The predicted molar refractivity (Wildman–Crippen MR) is 177 cm³/mol. The van der Waals surface area contributed by atoms with Crippen LogP contribution in [0, 0.1) is 18.7 Å². The molecule has 0 bridgehead atoms. The Labute approximate surface area is 266 Å². The summed E-state index contributed by atoms with van der Waals surface area (Å²) in [6, 6.07) is 18.6. The van der Waals surface area contributed by atoms with Gasteiger partial charge in [-0.25, -0.2) is 4.39 Å². The molecule has 0 spiro atoms. The number of rotatable bonds is 8. The van der Waals surface area contributed by atoms with Crippen LogP contribution in [0.15, 0.2) is 60.7 Å². The van der Waals surface area contributed by atoms with Crippen LogP contribution in [0.4, 0.5) is 21.5 Å². The van der Waals surface area contributed by atoms with Crippen molar-refractivity contribution < 1.29 is 18.7 Å². The Morgan fingerprint density at radius 1 is 0.978 bits per heavy atom. The number of likely N-dealkylation sites (tertiary alicyclic amines) is 1. The summed E-state index contributed by atoms with van der Waals surface area (Å²) in [5, 5.41) is 6.75. The maximum atomic E-state index is 15.1. The molecular formula is C37H45FN4O3. The molecule has 3 heterocycles. The standard InChI is InChI=1S/C37H45FN4O3/c1-4-26-12-17-29(22-33(26)41-18-5-6-19-41)40-36(43)31-10-8-20-42(37(44)34-24(2)9-7-11-32(34)38)35(31)27-13-15-28(16-14-27)39-30-21-25(3)45-23-30/h7,9,11-17,22,25,30-31,35,39H,4-6,8,10,18-21,23H2,1-3H3,(H,40,43)/t25-,30?,31?,35?/m0/s1. The van der Waals surface area contributed by atoms with E-state index in [2.05, 4.69) is 41.5 Å². The van der Waals surface area contributed by atoms with E-state index in [-0.39, 0.29) is 29.5 Å². The number of nitrogens with one attached hydrogen (secondary N) is 2. The molecule has 0 radical (unpaired) electrons. The quantitative estimate of drug-likeness (QED) is 0.284. The first-order chi connectivity index (χ1) is 21.8. The highest BCUT2D eigenvalue weighted by Gasteiger charge is 2.40. The van der Waals surface area contributed by atoms with E-state index >= 15 is 4.39 Å². The van der Waals surface area contributed by atoms with E-state index in [1.165, 1.54) is 30.2 Å². The SMILES string of the molecule is CCc1ccc(NC(=O)C2CCCN(C(=O)c3c(C)cccc3F)C2c2ccc(NC3CO[C@@H](C)C3)cc2)cc1N1CCCC1. The van der Waals surface area contributed by atoms with Crippen molar-refractivity contribution >= 4 is 28.9 Å². The van der Waals surface area contributed by atoms with Crippen LogP contribution in [0.3, 0.4) is 0 Å². The molecule has 8 heteroatoms. The zero-order valence-electron chi connectivity index (χ0n) is 26.7. The Morgan fingerprint density at radius 3 is 2.42 bits per heavy atom. The lowest BCUT2D eigenvalue weighted by atomic mass is 9.83. The lowest BCUT2D eigenvalue weighted by molar-refractivity contribution is -0.123. The maximum Gasteiger partial charge on any atom is 0.257 e. The van der Waals surface area contributed by atoms with Gasteiger partial charge in [-0.3, -0.25) is 9.59 Å². The van der Waals surface area contributed by atoms with Gasteiger partial charge in [0.05, 0.1) is 36.3 Å². The summed E-state index contributed by atoms with van der Waals surface area (Å²) in [7, 11) is 0. The number of ether oxygens (including phenoxy) is 1. The van der Waals surface area contributed by atoms with Gasteiger partial charge in [0.15, 0.2) is 0 Å². The van der Waals surface area contributed by atoms with Gasteiger partial charge in [-0.1, -0.05) is 37.3 Å². The van der Waals surface area contributed by atoms with Crippen molar-refractivity contribution in [2.45, 2.75) is 77.5 Å². The summed E-state index contributed by atoms with van der Waals surface area (Å²) in [6.45, 7) is 9.16. The number of hydrogen-bond acceptors (Lipinski definition) is 5. The second-order valence-electron chi connectivity index (χ2n) is 12.8. The van der Waals surface area contributed by atoms with Gasteiger partial charge in [-0.2, -0.15) is 0 Å². The molecule has 3 aliphatic rings. The number of piperidine rings is 1. The first-order valence-corrected chi connectivity index (χ1v) is 16.5. The van der Waals surface area contributed by atoms with Crippen LogP contribution in [0.1, 0.15) is 79.0 Å². The number of carbonyl (C=O) groups is 2. The zero-order chi connectivity index (χ0) is 31.5. The number of nitrogens with zero attached hydrogens (tertiary/aromatic N) is 2. The molecule has 45 heavy (non-hydrogen) atoms. The van der Waals surface area contributed by atoms with E-state index in [0.29, 0.717) is 31.6 Å². The molecule has 3 fully saturated rings. The number of aryl methyl sites for hydroxylation is 2. The van der Waals surface area contributed by atoms with Crippen LogP contribution in [0.25, 0.3) is 0 Å². The number of amides is 2. The minimum Gasteiger partial charge on any atom is -0.380 e. The molecule has 2 amide bonds. The molecule has 7 nitrogen and oxygen atoms in total. The summed E-state index contributed by atoms with van der Waals surface area (Å²) < 4.78 is 20.8. The normalized spacial score (nSPS) is 23.3. The number of hydrogen-bond donors (Lipinski definition) is 2.